The van der Waals surface area contributed by atoms with Crippen LogP contribution in [0.15, 0.2) is 47.6 Å². The minimum absolute atomic E-state index is 0.0339. The number of methoxy groups -OCH3 is 1. The zero-order valence-corrected chi connectivity index (χ0v) is 12.1. The summed E-state index contributed by atoms with van der Waals surface area (Å²) in [5.74, 6) is 1.60. The van der Waals surface area contributed by atoms with Crippen molar-refractivity contribution in [3.63, 3.8) is 0 Å². The summed E-state index contributed by atoms with van der Waals surface area (Å²) in [5.41, 5.74) is 7.23. The summed E-state index contributed by atoms with van der Waals surface area (Å²) in [6, 6.07) is 11.5. The molecule has 0 saturated heterocycles. The molecule has 1 aromatic heterocycles. The Labute approximate surface area is 122 Å². The predicted octanol–water partition coefficient (Wildman–Crippen LogP) is 3.54. The second-order valence-electron chi connectivity index (χ2n) is 4.01. The molecule has 1 aromatic carbocycles. The highest BCUT2D eigenvalue weighted by molar-refractivity contribution is 7.99. The highest BCUT2D eigenvalue weighted by Gasteiger charge is 2.07. The van der Waals surface area contributed by atoms with Crippen LogP contribution in [-0.2, 0) is 0 Å². The van der Waals surface area contributed by atoms with Crippen molar-refractivity contribution >= 4 is 23.4 Å². The first-order chi connectivity index (χ1) is 9.19. The molecule has 100 valence electrons. The predicted molar refractivity (Wildman–Crippen MR) is 79.9 cm³/mol. The van der Waals surface area contributed by atoms with Gasteiger partial charge in [-0.05, 0) is 29.8 Å². The zero-order valence-electron chi connectivity index (χ0n) is 10.5. The number of nitrogens with two attached hydrogens (primary N) is 1. The number of pyridine rings is 1. The minimum atomic E-state index is -0.0339. The second kappa shape index (κ2) is 6.80. The fourth-order valence-corrected chi connectivity index (χ4v) is 2.52. The van der Waals surface area contributed by atoms with Crippen molar-refractivity contribution in [2.45, 2.75) is 11.1 Å². The Hall–Kier alpha value is -1.23. The van der Waals surface area contributed by atoms with Crippen LogP contribution < -0.4 is 10.5 Å². The number of benzene rings is 1. The van der Waals surface area contributed by atoms with Gasteiger partial charge in [0, 0.05) is 18.0 Å². The molecule has 0 aliphatic rings. The average Bonchev–Trinajstić information content (AvgIpc) is 2.46. The first-order valence-electron chi connectivity index (χ1n) is 5.83. The number of hydrogen-bond donors (Lipinski definition) is 1. The fraction of sp³-hybridized carbons (Fsp3) is 0.214. The molecule has 19 heavy (non-hydrogen) atoms. The molecule has 0 amide bonds. The highest BCUT2D eigenvalue weighted by Crippen LogP contribution is 2.23. The maximum atomic E-state index is 6.15. The maximum Gasteiger partial charge on any atom is 0.118 e. The van der Waals surface area contributed by atoms with E-state index < -0.39 is 0 Å². The minimum Gasteiger partial charge on any atom is -0.497 e. The molecule has 5 heteroatoms. The third kappa shape index (κ3) is 4.13. The van der Waals surface area contributed by atoms with Gasteiger partial charge < -0.3 is 10.5 Å². The molecule has 0 aliphatic heterocycles. The molecule has 0 aliphatic carbocycles. The van der Waals surface area contributed by atoms with Gasteiger partial charge in [0.2, 0.25) is 0 Å². The van der Waals surface area contributed by atoms with Crippen LogP contribution >= 0.6 is 23.4 Å². The fourth-order valence-electron chi connectivity index (χ4n) is 1.57. The number of thioether (sulfide) groups is 1. The van der Waals surface area contributed by atoms with E-state index >= 15 is 0 Å². The van der Waals surface area contributed by atoms with E-state index in [9.17, 15) is 0 Å². The highest BCUT2D eigenvalue weighted by atomic mass is 35.5. The van der Waals surface area contributed by atoms with Crippen LogP contribution in [0.5, 0.6) is 5.75 Å². The molecule has 0 saturated carbocycles. The molecule has 1 atom stereocenters. The van der Waals surface area contributed by atoms with Crippen LogP contribution in [0.4, 0.5) is 0 Å². The van der Waals surface area contributed by atoms with E-state index in [0.29, 0.717) is 5.02 Å². The van der Waals surface area contributed by atoms with Gasteiger partial charge in [-0.25, -0.2) is 4.98 Å². The molecular weight excluding hydrogens is 280 g/mol. The molecule has 0 spiro atoms. The first kappa shape index (κ1) is 14.2. The van der Waals surface area contributed by atoms with Crippen molar-refractivity contribution in [3.05, 3.63) is 53.2 Å². The Kier molecular flexibility index (Phi) is 5.07. The van der Waals surface area contributed by atoms with Gasteiger partial charge in [-0.15, -0.1) is 11.8 Å². The average molecular weight is 295 g/mol. The Morgan fingerprint density at radius 2 is 2.00 bits per heavy atom. The van der Waals surface area contributed by atoms with Crippen molar-refractivity contribution in [3.8, 4) is 5.75 Å². The zero-order chi connectivity index (χ0) is 13.7. The molecule has 1 unspecified atom stereocenters. The summed E-state index contributed by atoms with van der Waals surface area (Å²) >= 11 is 7.41. The normalized spacial score (nSPS) is 12.2. The summed E-state index contributed by atoms with van der Waals surface area (Å²) in [5, 5.41) is 1.57. The smallest absolute Gasteiger partial charge is 0.118 e. The molecule has 2 aromatic rings. The van der Waals surface area contributed by atoms with Crippen LogP contribution in [0.1, 0.15) is 11.6 Å². The lowest BCUT2D eigenvalue weighted by Gasteiger charge is -2.12. The van der Waals surface area contributed by atoms with E-state index in [2.05, 4.69) is 4.98 Å². The number of rotatable bonds is 5. The lowest BCUT2D eigenvalue weighted by Crippen LogP contribution is -2.12. The van der Waals surface area contributed by atoms with Crippen molar-refractivity contribution < 1.29 is 4.74 Å². The molecule has 2 rings (SSSR count). The Morgan fingerprint density at radius 1 is 1.26 bits per heavy atom. The molecule has 0 radical (unpaired) electrons. The van der Waals surface area contributed by atoms with Gasteiger partial charge >= 0.3 is 0 Å². The molecule has 3 nitrogen and oxygen atoms in total. The van der Waals surface area contributed by atoms with E-state index in [-0.39, 0.29) is 6.04 Å². The Bertz CT molecular complexity index is 516. The van der Waals surface area contributed by atoms with E-state index in [1.807, 2.05) is 36.4 Å². The number of nitrogens with zero attached hydrogens (tertiary/aromatic N) is 1. The summed E-state index contributed by atoms with van der Waals surface area (Å²) in [6.07, 6.45) is 1.64. The van der Waals surface area contributed by atoms with Gasteiger partial charge in [0.1, 0.15) is 5.75 Å². The molecule has 1 heterocycles. The topological polar surface area (TPSA) is 48.1 Å². The van der Waals surface area contributed by atoms with Crippen LogP contribution in [-0.4, -0.2) is 17.8 Å². The summed E-state index contributed by atoms with van der Waals surface area (Å²) in [6.45, 7) is 0. The Balaban J connectivity index is 1.93. The third-order valence-corrected chi connectivity index (χ3v) is 3.94. The summed E-state index contributed by atoms with van der Waals surface area (Å²) in [4.78, 5) is 4.23. The SMILES string of the molecule is COc1ccc(C(N)CSc2ccc(Cl)cn2)cc1. The van der Waals surface area contributed by atoms with Crippen LogP contribution in [0.25, 0.3) is 0 Å². The largest absolute Gasteiger partial charge is 0.497 e. The summed E-state index contributed by atoms with van der Waals surface area (Å²) in [7, 11) is 1.65. The van der Waals surface area contributed by atoms with Gasteiger partial charge in [0.25, 0.3) is 0 Å². The third-order valence-electron chi connectivity index (χ3n) is 2.65. The van der Waals surface area contributed by atoms with Crippen molar-refractivity contribution in [2.24, 2.45) is 5.73 Å². The van der Waals surface area contributed by atoms with Crippen LogP contribution in [0.3, 0.4) is 0 Å². The van der Waals surface area contributed by atoms with Gasteiger partial charge in [0.15, 0.2) is 0 Å². The maximum absolute atomic E-state index is 6.15. The van der Waals surface area contributed by atoms with E-state index in [1.165, 1.54) is 0 Å². The van der Waals surface area contributed by atoms with Crippen molar-refractivity contribution in [1.29, 1.82) is 0 Å². The molecule has 0 fully saturated rings. The van der Waals surface area contributed by atoms with Gasteiger partial charge in [0.05, 0.1) is 17.2 Å². The molecule has 2 N–H and O–H groups in total. The monoisotopic (exact) mass is 294 g/mol. The lowest BCUT2D eigenvalue weighted by atomic mass is 10.1. The van der Waals surface area contributed by atoms with E-state index in [4.69, 9.17) is 22.1 Å². The number of aromatic nitrogens is 1. The van der Waals surface area contributed by atoms with Crippen LogP contribution in [0, 0.1) is 0 Å². The van der Waals surface area contributed by atoms with E-state index in [0.717, 1.165) is 22.1 Å². The molecule has 0 bridgehead atoms. The first-order valence-corrected chi connectivity index (χ1v) is 7.19. The van der Waals surface area contributed by atoms with Gasteiger partial charge in [-0.1, -0.05) is 23.7 Å². The number of hydrogen-bond acceptors (Lipinski definition) is 4. The molecular formula is C14H15ClN2OS. The Morgan fingerprint density at radius 3 is 2.58 bits per heavy atom. The number of halogens is 1. The second-order valence-corrected chi connectivity index (χ2v) is 5.48. The standard InChI is InChI=1S/C14H15ClN2OS/c1-18-12-5-2-10(3-6-12)13(16)9-19-14-7-4-11(15)8-17-14/h2-8,13H,9,16H2,1H3. The van der Waals surface area contributed by atoms with Crippen LogP contribution in [0.2, 0.25) is 5.02 Å². The number of ether oxygens (including phenoxy) is 1. The quantitative estimate of drug-likeness (QED) is 0.857. The van der Waals surface area contributed by atoms with Gasteiger partial charge in [-0.3, -0.25) is 0 Å². The lowest BCUT2D eigenvalue weighted by molar-refractivity contribution is 0.414. The van der Waals surface area contributed by atoms with Crippen molar-refractivity contribution in [2.75, 3.05) is 12.9 Å². The van der Waals surface area contributed by atoms with Gasteiger partial charge in [-0.2, -0.15) is 0 Å². The van der Waals surface area contributed by atoms with E-state index in [1.54, 1.807) is 25.1 Å². The summed E-state index contributed by atoms with van der Waals surface area (Å²) < 4.78 is 5.12. The van der Waals surface area contributed by atoms with Crippen molar-refractivity contribution in [1.82, 2.24) is 4.98 Å².